The van der Waals surface area contributed by atoms with Crippen LogP contribution in [0.25, 0.3) is 0 Å². The summed E-state index contributed by atoms with van der Waals surface area (Å²) in [5, 5.41) is 26.1. The number of fused-ring (bicyclic) bond motifs is 1. The molecule has 4 N–H and O–H groups in total. The Morgan fingerprint density at radius 2 is 1.75 bits per heavy atom. The number of anilines is 1. The summed E-state index contributed by atoms with van der Waals surface area (Å²) >= 11 is 0. The van der Waals surface area contributed by atoms with E-state index in [-0.39, 0.29) is 5.75 Å². The van der Waals surface area contributed by atoms with Crippen LogP contribution in [0, 0.1) is 6.92 Å². The van der Waals surface area contributed by atoms with E-state index in [0.717, 1.165) is 30.4 Å². The molecule has 2 aliphatic rings. The molecule has 166 valence electrons. The highest BCUT2D eigenvalue weighted by Crippen LogP contribution is 2.41. The van der Waals surface area contributed by atoms with Crippen molar-refractivity contribution in [2.75, 3.05) is 11.9 Å². The number of carbonyl (C=O) groups excluding carboxylic acids is 1. The number of carbonyl (C=O) groups is 2. The van der Waals surface area contributed by atoms with Gasteiger partial charge in [-0.1, -0.05) is 42.0 Å². The van der Waals surface area contributed by atoms with Gasteiger partial charge < -0.3 is 20.8 Å². The van der Waals surface area contributed by atoms with Gasteiger partial charge in [0.2, 0.25) is 0 Å². The van der Waals surface area contributed by atoms with Crippen molar-refractivity contribution in [3.05, 3.63) is 82.5 Å². The van der Waals surface area contributed by atoms with Gasteiger partial charge in [0.1, 0.15) is 11.3 Å². The van der Waals surface area contributed by atoms with Crippen LogP contribution < -0.4 is 10.6 Å². The molecule has 1 amide bonds. The average Bonchev–Trinajstić information content (AvgIpc) is 3.14. The Morgan fingerprint density at radius 3 is 2.41 bits per heavy atom. The quantitative estimate of drug-likeness (QED) is 0.488. The number of allylic oxidation sites excluding steroid dienone is 2. The van der Waals surface area contributed by atoms with Gasteiger partial charge in [0, 0.05) is 24.9 Å². The number of amides is 1. The minimum absolute atomic E-state index is 0.0425. The Kier molecular flexibility index (Phi) is 6.04. The maximum Gasteiger partial charge on any atom is 0.330 e. The van der Waals surface area contributed by atoms with Crippen LogP contribution >= 0.6 is 0 Å². The number of phenolic OH excluding ortho intramolecular Hbond substituents is 1. The van der Waals surface area contributed by atoms with Gasteiger partial charge in [0.05, 0.1) is 5.69 Å². The van der Waals surface area contributed by atoms with Gasteiger partial charge >= 0.3 is 5.97 Å². The van der Waals surface area contributed by atoms with Gasteiger partial charge in [-0.05, 0) is 61.1 Å². The summed E-state index contributed by atoms with van der Waals surface area (Å²) < 4.78 is 0. The number of rotatable bonds is 7. The third-order valence-corrected chi connectivity index (χ3v) is 6.18. The van der Waals surface area contributed by atoms with Crippen molar-refractivity contribution in [1.82, 2.24) is 5.32 Å². The molecule has 0 saturated heterocycles. The zero-order chi connectivity index (χ0) is 22.7. The number of carboxylic acids is 1. The van der Waals surface area contributed by atoms with Crippen molar-refractivity contribution in [3.63, 3.8) is 0 Å². The molecule has 6 nitrogen and oxygen atoms in total. The number of benzene rings is 2. The van der Waals surface area contributed by atoms with Gasteiger partial charge in [0.25, 0.3) is 5.91 Å². The lowest BCUT2D eigenvalue weighted by Crippen LogP contribution is -2.52. The maximum absolute atomic E-state index is 13.0. The highest BCUT2D eigenvalue weighted by atomic mass is 16.4. The second-order valence-electron chi connectivity index (χ2n) is 8.63. The summed E-state index contributed by atoms with van der Waals surface area (Å²) in [6, 6.07) is 12.7. The number of aryl methyl sites for hydroxylation is 1. The van der Waals surface area contributed by atoms with E-state index in [2.05, 4.69) is 28.9 Å². The standard InChI is InChI=1S/C26H28N2O4/c1-17-5-4-6-18(13-17)11-12-27-22-14-19(9-10-23(22)29)24(30)28-26(25(31)32)15-20-7-2-3-8-21(20)16-26/h4-10,13-14,27,29H,2-3,11-12,15-16H2,1H3,(H,28,30)(H,31,32). The van der Waals surface area contributed by atoms with E-state index in [1.165, 1.54) is 23.3 Å². The Labute approximate surface area is 187 Å². The number of phenols is 1. The first kappa shape index (κ1) is 21.7. The molecular formula is C26H28N2O4. The summed E-state index contributed by atoms with van der Waals surface area (Å²) in [6.07, 6.45) is 7.30. The smallest absolute Gasteiger partial charge is 0.330 e. The number of nitrogens with one attached hydrogen (secondary N) is 2. The first-order chi connectivity index (χ1) is 15.4. The van der Waals surface area contributed by atoms with E-state index in [1.54, 1.807) is 6.07 Å². The molecule has 0 aromatic heterocycles. The van der Waals surface area contributed by atoms with Crippen molar-refractivity contribution >= 4 is 17.6 Å². The summed E-state index contributed by atoms with van der Waals surface area (Å²) in [5.41, 5.74) is 3.82. The Morgan fingerprint density at radius 1 is 1.03 bits per heavy atom. The van der Waals surface area contributed by atoms with E-state index in [1.807, 2.05) is 25.1 Å². The molecular weight excluding hydrogens is 404 g/mol. The Hall–Kier alpha value is -3.54. The summed E-state index contributed by atoms with van der Waals surface area (Å²) in [4.78, 5) is 25.1. The van der Waals surface area contributed by atoms with E-state index in [0.29, 0.717) is 30.6 Å². The average molecular weight is 433 g/mol. The van der Waals surface area contributed by atoms with Crippen LogP contribution in [0.15, 0.2) is 65.8 Å². The molecule has 4 rings (SSSR count). The Balaban J connectivity index is 1.46. The summed E-state index contributed by atoms with van der Waals surface area (Å²) in [5.74, 6) is -1.45. The molecule has 2 aromatic rings. The molecule has 1 saturated carbocycles. The highest BCUT2D eigenvalue weighted by molar-refractivity contribution is 5.99. The van der Waals surface area contributed by atoms with Crippen LogP contribution in [-0.4, -0.2) is 34.2 Å². The predicted molar refractivity (Wildman–Crippen MR) is 124 cm³/mol. The second kappa shape index (κ2) is 8.91. The van der Waals surface area contributed by atoms with Crippen LogP contribution in [0.3, 0.4) is 0 Å². The van der Waals surface area contributed by atoms with Gasteiger partial charge in [-0.15, -0.1) is 0 Å². The van der Waals surface area contributed by atoms with Gasteiger partial charge in [-0.3, -0.25) is 4.79 Å². The molecule has 0 atom stereocenters. The fraction of sp³-hybridized carbons (Fsp3) is 0.308. The van der Waals surface area contributed by atoms with Crippen molar-refractivity contribution < 1.29 is 19.8 Å². The van der Waals surface area contributed by atoms with E-state index < -0.39 is 17.4 Å². The molecule has 0 heterocycles. The zero-order valence-electron chi connectivity index (χ0n) is 18.1. The lowest BCUT2D eigenvalue weighted by atomic mass is 9.96. The van der Waals surface area contributed by atoms with Crippen LogP contribution in [-0.2, 0) is 11.2 Å². The SMILES string of the molecule is Cc1cccc(CCNc2cc(C(=O)NC3(C(=O)O)CC4=CCCC=C4C3)ccc2O)c1. The summed E-state index contributed by atoms with van der Waals surface area (Å²) in [7, 11) is 0. The number of aromatic hydroxyl groups is 1. The number of hydrogen-bond acceptors (Lipinski definition) is 4. The lowest BCUT2D eigenvalue weighted by Gasteiger charge is -2.25. The van der Waals surface area contributed by atoms with Gasteiger partial charge in [-0.25, -0.2) is 4.79 Å². The number of aliphatic carboxylic acids is 1. The van der Waals surface area contributed by atoms with Crippen molar-refractivity contribution in [1.29, 1.82) is 0 Å². The fourth-order valence-electron chi connectivity index (χ4n) is 4.47. The molecule has 0 aliphatic heterocycles. The van der Waals surface area contributed by atoms with Crippen LogP contribution in [0.1, 0.15) is 47.2 Å². The molecule has 32 heavy (non-hydrogen) atoms. The molecule has 6 heteroatoms. The van der Waals surface area contributed by atoms with Crippen LogP contribution in [0.2, 0.25) is 0 Å². The molecule has 2 aromatic carbocycles. The molecule has 2 aliphatic carbocycles. The monoisotopic (exact) mass is 432 g/mol. The zero-order valence-corrected chi connectivity index (χ0v) is 18.1. The molecule has 0 radical (unpaired) electrons. The predicted octanol–water partition coefficient (Wildman–Crippen LogP) is 4.35. The van der Waals surface area contributed by atoms with Crippen LogP contribution in [0.4, 0.5) is 5.69 Å². The molecule has 0 bridgehead atoms. The Bertz CT molecular complexity index is 1090. The first-order valence-corrected chi connectivity index (χ1v) is 10.9. The van der Waals surface area contributed by atoms with E-state index in [4.69, 9.17) is 0 Å². The molecule has 1 fully saturated rings. The van der Waals surface area contributed by atoms with Gasteiger partial charge in [-0.2, -0.15) is 0 Å². The maximum atomic E-state index is 13.0. The van der Waals surface area contributed by atoms with Gasteiger partial charge in [0.15, 0.2) is 0 Å². The van der Waals surface area contributed by atoms with Crippen molar-refractivity contribution in [2.24, 2.45) is 0 Å². The normalized spacial score (nSPS) is 16.5. The molecule has 0 spiro atoms. The highest BCUT2D eigenvalue weighted by Gasteiger charge is 2.47. The molecule has 0 unspecified atom stereocenters. The first-order valence-electron chi connectivity index (χ1n) is 10.9. The largest absolute Gasteiger partial charge is 0.506 e. The third-order valence-electron chi connectivity index (χ3n) is 6.18. The second-order valence-corrected chi connectivity index (χ2v) is 8.63. The van der Waals surface area contributed by atoms with E-state index >= 15 is 0 Å². The number of hydrogen-bond donors (Lipinski definition) is 4. The third kappa shape index (κ3) is 4.54. The fourth-order valence-corrected chi connectivity index (χ4v) is 4.47. The van der Waals surface area contributed by atoms with Crippen LogP contribution in [0.5, 0.6) is 5.75 Å². The van der Waals surface area contributed by atoms with Crippen molar-refractivity contribution in [3.8, 4) is 5.75 Å². The summed E-state index contributed by atoms with van der Waals surface area (Å²) in [6.45, 7) is 2.63. The lowest BCUT2D eigenvalue weighted by molar-refractivity contribution is -0.144. The van der Waals surface area contributed by atoms with Crippen molar-refractivity contribution in [2.45, 2.75) is 44.6 Å². The van der Waals surface area contributed by atoms with E-state index in [9.17, 15) is 19.8 Å². The minimum Gasteiger partial charge on any atom is -0.506 e. The number of carboxylic acid groups (broad SMARTS) is 1. The minimum atomic E-state index is -1.34. The topological polar surface area (TPSA) is 98.7 Å².